The van der Waals surface area contributed by atoms with E-state index >= 15 is 0 Å². The van der Waals surface area contributed by atoms with Gasteiger partial charge in [-0.3, -0.25) is 4.79 Å². The van der Waals surface area contributed by atoms with E-state index in [-0.39, 0.29) is 11.5 Å². The molecule has 3 aromatic carbocycles. The molecule has 0 saturated heterocycles. The van der Waals surface area contributed by atoms with Crippen LogP contribution < -0.4 is 0 Å². The minimum absolute atomic E-state index is 0.00704. The van der Waals surface area contributed by atoms with Gasteiger partial charge in [-0.15, -0.1) is 0 Å². The smallest absolute Gasteiger partial charge is 0.189 e. The van der Waals surface area contributed by atoms with Gasteiger partial charge >= 0.3 is 0 Å². The Labute approximate surface area is 135 Å². The van der Waals surface area contributed by atoms with E-state index in [1.165, 1.54) is 6.08 Å². The number of hydrogen-bond donors (Lipinski definition) is 1. The van der Waals surface area contributed by atoms with Crippen LogP contribution in [0.4, 0.5) is 0 Å². The molecular weight excluding hydrogens is 284 g/mol. The van der Waals surface area contributed by atoms with Crippen molar-refractivity contribution in [1.82, 2.24) is 0 Å². The molecule has 0 aromatic heterocycles. The fourth-order valence-corrected chi connectivity index (χ4v) is 2.37. The summed E-state index contributed by atoms with van der Waals surface area (Å²) in [6.07, 6.45) is 3.23. The van der Waals surface area contributed by atoms with Crippen LogP contribution in [0.1, 0.15) is 15.9 Å². The Balaban J connectivity index is 1.90. The third-order valence-corrected chi connectivity index (χ3v) is 3.60. The lowest BCUT2D eigenvalue weighted by Crippen LogP contribution is -1.95. The Hall–Kier alpha value is -3.13. The molecule has 3 rings (SSSR count). The van der Waals surface area contributed by atoms with Crippen molar-refractivity contribution in [2.75, 3.05) is 0 Å². The highest BCUT2D eigenvalue weighted by Gasteiger charge is 2.10. The molecule has 2 nitrogen and oxygen atoms in total. The highest BCUT2D eigenvalue weighted by Crippen LogP contribution is 2.26. The summed E-state index contributed by atoms with van der Waals surface area (Å²) >= 11 is 0. The summed E-state index contributed by atoms with van der Waals surface area (Å²) < 4.78 is 0. The third kappa shape index (κ3) is 3.55. The van der Waals surface area contributed by atoms with Gasteiger partial charge in [-0.2, -0.15) is 0 Å². The number of ketones is 1. The number of rotatable bonds is 4. The fraction of sp³-hybridized carbons (Fsp3) is 0. The number of aromatic hydroxyl groups is 1. The number of benzene rings is 3. The van der Waals surface area contributed by atoms with Gasteiger partial charge in [0.1, 0.15) is 5.75 Å². The molecule has 0 atom stereocenters. The normalized spacial score (nSPS) is 10.8. The predicted molar refractivity (Wildman–Crippen MR) is 93.3 cm³/mol. The van der Waals surface area contributed by atoms with E-state index in [0.29, 0.717) is 5.56 Å². The van der Waals surface area contributed by atoms with E-state index in [0.717, 1.165) is 16.7 Å². The first-order chi connectivity index (χ1) is 11.2. The lowest BCUT2D eigenvalue weighted by atomic mass is 10.00. The molecule has 0 bridgehead atoms. The van der Waals surface area contributed by atoms with Crippen LogP contribution >= 0.6 is 0 Å². The van der Waals surface area contributed by atoms with Gasteiger partial charge in [0.05, 0.1) is 5.56 Å². The van der Waals surface area contributed by atoms with E-state index < -0.39 is 0 Å². The van der Waals surface area contributed by atoms with Crippen molar-refractivity contribution >= 4 is 11.9 Å². The molecule has 112 valence electrons. The average molecular weight is 300 g/mol. The number of phenols is 1. The van der Waals surface area contributed by atoms with Crippen LogP contribution in [0.15, 0.2) is 84.9 Å². The van der Waals surface area contributed by atoms with Crippen LogP contribution in [0.25, 0.3) is 17.2 Å². The Morgan fingerprint density at radius 3 is 2.13 bits per heavy atom. The molecule has 0 spiro atoms. The molecule has 1 N–H and O–H groups in total. The van der Waals surface area contributed by atoms with Crippen molar-refractivity contribution in [1.29, 1.82) is 0 Å². The van der Waals surface area contributed by atoms with E-state index in [2.05, 4.69) is 0 Å². The Bertz CT molecular complexity index is 834. The molecule has 0 radical (unpaired) electrons. The summed E-state index contributed by atoms with van der Waals surface area (Å²) in [5.41, 5.74) is 3.16. The van der Waals surface area contributed by atoms with Gasteiger partial charge in [-0.05, 0) is 34.9 Å². The summed E-state index contributed by atoms with van der Waals surface area (Å²) in [5.74, 6) is -0.225. The highest BCUT2D eigenvalue weighted by molar-refractivity contribution is 6.09. The number of hydrogen-bond acceptors (Lipinski definition) is 2. The minimum atomic E-state index is -0.218. The summed E-state index contributed by atoms with van der Waals surface area (Å²) in [5, 5.41) is 9.99. The standard InChI is InChI=1S/C21H16O2/c22-20(13-11-16-7-3-1-4-8-16)19-15-18(12-14-21(19)23)17-9-5-2-6-10-17/h1-15,23H/b13-11+. The van der Waals surface area contributed by atoms with Crippen LogP contribution in [-0.4, -0.2) is 10.9 Å². The molecule has 3 aromatic rings. The lowest BCUT2D eigenvalue weighted by Gasteiger charge is -2.06. The van der Waals surface area contributed by atoms with E-state index in [1.807, 2.05) is 66.7 Å². The van der Waals surface area contributed by atoms with Gasteiger partial charge in [-0.1, -0.05) is 72.8 Å². The molecule has 0 aliphatic carbocycles. The second-order valence-corrected chi connectivity index (χ2v) is 5.21. The zero-order valence-electron chi connectivity index (χ0n) is 12.5. The third-order valence-electron chi connectivity index (χ3n) is 3.60. The lowest BCUT2D eigenvalue weighted by molar-refractivity contribution is 0.104. The topological polar surface area (TPSA) is 37.3 Å². The maximum absolute atomic E-state index is 12.4. The largest absolute Gasteiger partial charge is 0.507 e. The van der Waals surface area contributed by atoms with Gasteiger partial charge in [0.15, 0.2) is 5.78 Å². The van der Waals surface area contributed by atoms with Crippen LogP contribution in [0.3, 0.4) is 0 Å². The van der Waals surface area contributed by atoms with E-state index in [4.69, 9.17) is 0 Å². The summed E-state index contributed by atoms with van der Waals surface area (Å²) in [7, 11) is 0. The number of carbonyl (C=O) groups excluding carboxylic acids is 1. The molecule has 0 amide bonds. The van der Waals surface area contributed by atoms with Crippen LogP contribution in [0, 0.1) is 0 Å². The number of allylic oxidation sites excluding steroid dienone is 1. The zero-order chi connectivity index (χ0) is 16.1. The van der Waals surface area contributed by atoms with Gasteiger partial charge in [0.25, 0.3) is 0 Å². The number of phenolic OH excluding ortho intramolecular Hbond substituents is 1. The SMILES string of the molecule is O=C(/C=C/c1ccccc1)c1cc(-c2ccccc2)ccc1O. The Morgan fingerprint density at radius 1 is 0.783 bits per heavy atom. The maximum atomic E-state index is 12.4. The zero-order valence-corrected chi connectivity index (χ0v) is 12.5. The summed E-state index contributed by atoms with van der Waals surface area (Å²) in [6.45, 7) is 0. The van der Waals surface area contributed by atoms with Gasteiger partial charge in [0, 0.05) is 0 Å². The first-order valence-corrected chi connectivity index (χ1v) is 7.40. The molecule has 0 saturated carbocycles. The second kappa shape index (κ2) is 6.75. The van der Waals surface area contributed by atoms with E-state index in [1.54, 1.807) is 18.2 Å². The van der Waals surface area contributed by atoms with Crippen molar-refractivity contribution in [2.24, 2.45) is 0 Å². The fourth-order valence-electron chi connectivity index (χ4n) is 2.37. The number of carbonyl (C=O) groups is 1. The summed E-state index contributed by atoms with van der Waals surface area (Å²) in [6, 6.07) is 24.5. The predicted octanol–water partition coefficient (Wildman–Crippen LogP) is 4.96. The molecule has 0 aliphatic heterocycles. The van der Waals surface area contributed by atoms with Gasteiger partial charge in [-0.25, -0.2) is 0 Å². The van der Waals surface area contributed by atoms with Crippen LogP contribution in [0.2, 0.25) is 0 Å². The van der Waals surface area contributed by atoms with E-state index in [9.17, 15) is 9.90 Å². The van der Waals surface area contributed by atoms with Crippen molar-refractivity contribution in [2.45, 2.75) is 0 Å². The van der Waals surface area contributed by atoms with Crippen molar-refractivity contribution < 1.29 is 9.90 Å². The van der Waals surface area contributed by atoms with Crippen molar-refractivity contribution in [3.05, 3.63) is 96.1 Å². The quantitative estimate of drug-likeness (QED) is 0.546. The Morgan fingerprint density at radius 2 is 1.43 bits per heavy atom. The van der Waals surface area contributed by atoms with Gasteiger partial charge in [0.2, 0.25) is 0 Å². The Kier molecular flexibility index (Phi) is 4.34. The molecule has 0 fully saturated rings. The second-order valence-electron chi connectivity index (χ2n) is 5.21. The maximum Gasteiger partial charge on any atom is 0.189 e. The molecular formula is C21H16O2. The molecule has 0 heterocycles. The monoisotopic (exact) mass is 300 g/mol. The van der Waals surface area contributed by atoms with Crippen molar-refractivity contribution in [3.63, 3.8) is 0 Å². The molecule has 0 aliphatic rings. The van der Waals surface area contributed by atoms with Gasteiger partial charge < -0.3 is 5.11 Å². The molecule has 0 unspecified atom stereocenters. The molecule has 23 heavy (non-hydrogen) atoms. The first-order valence-electron chi connectivity index (χ1n) is 7.40. The minimum Gasteiger partial charge on any atom is -0.507 e. The first kappa shape index (κ1) is 14.8. The molecule has 2 heteroatoms. The average Bonchev–Trinajstić information content (AvgIpc) is 2.62. The summed E-state index contributed by atoms with van der Waals surface area (Å²) in [4.78, 5) is 12.4. The van der Waals surface area contributed by atoms with Crippen molar-refractivity contribution in [3.8, 4) is 16.9 Å². The highest BCUT2D eigenvalue weighted by atomic mass is 16.3. The van der Waals surface area contributed by atoms with Crippen LogP contribution in [-0.2, 0) is 0 Å². The van der Waals surface area contributed by atoms with Crippen LogP contribution in [0.5, 0.6) is 5.75 Å².